The Morgan fingerprint density at radius 2 is 2.00 bits per heavy atom. The van der Waals surface area contributed by atoms with Crippen LogP contribution in [0.15, 0.2) is 18.2 Å². The van der Waals surface area contributed by atoms with Crippen molar-refractivity contribution in [3.05, 3.63) is 35.1 Å². The van der Waals surface area contributed by atoms with Crippen LogP contribution < -0.4 is 0 Å². The number of halogens is 4. The van der Waals surface area contributed by atoms with E-state index >= 15 is 0 Å². The average molecular weight is 238 g/mol. The van der Waals surface area contributed by atoms with E-state index < -0.39 is 29.2 Å². The Hall–Kier alpha value is -1.14. The molecule has 0 aliphatic carbocycles. The maximum Gasteiger partial charge on any atom is 0.416 e. The number of benzene rings is 1. The monoisotopic (exact) mass is 238 g/mol. The van der Waals surface area contributed by atoms with E-state index in [-0.39, 0.29) is 6.61 Å². The van der Waals surface area contributed by atoms with Gasteiger partial charge in [-0.1, -0.05) is 0 Å². The van der Waals surface area contributed by atoms with Gasteiger partial charge in [-0.3, -0.25) is 0 Å². The maximum absolute atomic E-state index is 13.1. The Morgan fingerprint density at radius 1 is 1.38 bits per heavy atom. The van der Waals surface area contributed by atoms with Crippen molar-refractivity contribution in [1.82, 2.24) is 0 Å². The van der Waals surface area contributed by atoms with Crippen molar-refractivity contribution in [2.24, 2.45) is 0 Å². The molecule has 0 spiro atoms. The first-order valence-electron chi connectivity index (χ1n) is 4.40. The number of ether oxygens (including phenoxy) is 1. The van der Waals surface area contributed by atoms with Gasteiger partial charge in [0.1, 0.15) is 11.9 Å². The average Bonchev–Trinajstić information content (AvgIpc) is 2.16. The van der Waals surface area contributed by atoms with Crippen molar-refractivity contribution in [2.75, 3.05) is 13.7 Å². The van der Waals surface area contributed by atoms with E-state index in [1.54, 1.807) is 0 Å². The number of hydrogen-bond acceptors (Lipinski definition) is 2. The minimum atomic E-state index is -4.56. The van der Waals surface area contributed by atoms with Gasteiger partial charge < -0.3 is 9.84 Å². The Kier molecular flexibility index (Phi) is 3.88. The van der Waals surface area contributed by atoms with Crippen molar-refractivity contribution >= 4 is 0 Å². The summed E-state index contributed by atoms with van der Waals surface area (Å²) in [6.07, 6.45) is -5.97. The second-order valence-corrected chi connectivity index (χ2v) is 3.21. The Morgan fingerprint density at radius 3 is 2.50 bits per heavy atom. The lowest BCUT2D eigenvalue weighted by atomic mass is 10.1. The summed E-state index contributed by atoms with van der Waals surface area (Å²) < 4.78 is 54.6. The molecule has 1 aromatic carbocycles. The Bertz CT molecular complexity index is 362. The Balaban J connectivity index is 3.09. The second-order valence-electron chi connectivity index (χ2n) is 3.21. The first kappa shape index (κ1) is 12.9. The van der Waals surface area contributed by atoms with Crippen LogP contribution >= 0.6 is 0 Å². The summed E-state index contributed by atoms with van der Waals surface area (Å²) in [5.74, 6) is -0.891. The molecule has 0 aliphatic heterocycles. The number of alkyl halides is 3. The molecule has 0 radical (unpaired) electrons. The van der Waals surface area contributed by atoms with Crippen molar-refractivity contribution in [3.63, 3.8) is 0 Å². The van der Waals surface area contributed by atoms with E-state index in [1.165, 1.54) is 7.11 Å². The van der Waals surface area contributed by atoms with Crippen molar-refractivity contribution in [3.8, 4) is 0 Å². The van der Waals surface area contributed by atoms with Crippen LogP contribution in [0.3, 0.4) is 0 Å². The number of methoxy groups -OCH3 is 1. The molecular formula is C10H10F4O2. The molecule has 1 rings (SSSR count). The lowest BCUT2D eigenvalue weighted by Gasteiger charge is -2.13. The summed E-state index contributed by atoms with van der Waals surface area (Å²) in [6, 6.07) is 1.88. The molecule has 0 aliphatic rings. The molecule has 0 bridgehead atoms. The fraction of sp³-hybridized carbons (Fsp3) is 0.400. The molecule has 0 fully saturated rings. The lowest BCUT2D eigenvalue weighted by molar-refractivity contribution is -0.137. The normalized spacial score (nSPS) is 13.9. The predicted octanol–water partition coefficient (Wildman–Crippen LogP) is 2.52. The molecule has 6 heteroatoms. The van der Waals surface area contributed by atoms with Gasteiger partial charge in [-0.2, -0.15) is 13.2 Å². The first-order chi connectivity index (χ1) is 7.36. The molecular weight excluding hydrogens is 228 g/mol. The molecule has 16 heavy (non-hydrogen) atoms. The quantitative estimate of drug-likeness (QED) is 0.820. The zero-order valence-electron chi connectivity index (χ0n) is 8.38. The number of aliphatic hydroxyl groups excluding tert-OH is 1. The van der Waals surface area contributed by atoms with Crippen LogP contribution in [0.1, 0.15) is 17.2 Å². The van der Waals surface area contributed by atoms with Gasteiger partial charge in [-0.05, 0) is 18.2 Å². The summed E-state index contributed by atoms with van der Waals surface area (Å²) in [5.41, 5.74) is -1.42. The topological polar surface area (TPSA) is 29.5 Å². The summed E-state index contributed by atoms with van der Waals surface area (Å²) >= 11 is 0. The van der Waals surface area contributed by atoms with Crippen LogP contribution in [0.25, 0.3) is 0 Å². The molecule has 1 atom stereocenters. The highest BCUT2D eigenvalue weighted by Gasteiger charge is 2.31. The molecule has 90 valence electrons. The first-order valence-corrected chi connectivity index (χ1v) is 4.40. The molecule has 0 heterocycles. The van der Waals surface area contributed by atoms with Gasteiger partial charge in [0, 0.05) is 12.7 Å². The van der Waals surface area contributed by atoms with Gasteiger partial charge in [-0.15, -0.1) is 0 Å². The third kappa shape index (κ3) is 2.93. The summed E-state index contributed by atoms with van der Waals surface area (Å²) in [5, 5.41) is 9.36. The van der Waals surface area contributed by atoms with Gasteiger partial charge in [0.2, 0.25) is 0 Å². The van der Waals surface area contributed by atoms with Crippen LogP contribution in [0, 0.1) is 5.82 Å². The minimum Gasteiger partial charge on any atom is -0.386 e. The highest BCUT2D eigenvalue weighted by molar-refractivity contribution is 5.28. The smallest absolute Gasteiger partial charge is 0.386 e. The molecule has 1 N–H and O–H groups in total. The standard InChI is InChI=1S/C10H10F4O2/c1-16-5-9(15)7-4-6(10(12,13)14)2-3-8(7)11/h2-4,9,15H,5H2,1H3. The van der Waals surface area contributed by atoms with Crippen molar-refractivity contribution < 1.29 is 27.4 Å². The largest absolute Gasteiger partial charge is 0.416 e. The van der Waals surface area contributed by atoms with Crippen LogP contribution in [-0.4, -0.2) is 18.8 Å². The van der Waals surface area contributed by atoms with Crippen LogP contribution in [0.4, 0.5) is 17.6 Å². The van der Waals surface area contributed by atoms with E-state index in [0.29, 0.717) is 18.2 Å². The third-order valence-corrected chi connectivity index (χ3v) is 2.01. The number of hydrogen-bond donors (Lipinski definition) is 1. The molecule has 2 nitrogen and oxygen atoms in total. The lowest BCUT2D eigenvalue weighted by Crippen LogP contribution is -2.11. The highest BCUT2D eigenvalue weighted by atomic mass is 19.4. The molecule has 1 aromatic rings. The van der Waals surface area contributed by atoms with E-state index in [0.717, 1.165) is 0 Å². The minimum absolute atomic E-state index is 0.266. The van der Waals surface area contributed by atoms with Gasteiger partial charge in [-0.25, -0.2) is 4.39 Å². The SMILES string of the molecule is COCC(O)c1cc(C(F)(F)F)ccc1F. The van der Waals surface area contributed by atoms with E-state index in [4.69, 9.17) is 0 Å². The summed E-state index contributed by atoms with van der Waals surface area (Å²) in [4.78, 5) is 0. The van der Waals surface area contributed by atoms with Gasteiger partial charge >= 0.3 is 6.18 Å². The highest BCUT2D eigenvalue weighted by Crippen LogP contribution is 2.31. The fourth-order valence-corrected chi connectivity index (χ4v) is 1.22. The van der Waals surface area contributed by atoms with E-state index in [2.05, 4.69) is 4.74 Å². The maximum atomic E-state index is 13.1. The molecule has 0 aromatic heterocycles. The van der Waals surface area contributed by atoms with Crippen molar-refractivity contribution in [2.45, 2.75) is 12.3 Å². The fourth-order valence-electron chi connectivity index (χ4n) is 1.22. The summed E-state index contributed by atoms with van der Waals surface area (Å²) in [6.45, 7) is -0.266. The molecule has 0 saturated carbocycles. The number of aliphatic hydroxyl groups is 1. The van der Waals surface area contributed by atoms with Crippen LogP contribution in [0.2, 0.25) is 0 Å². The second kappa shape index (κ2) is 4.80. The van der Waals surface area contributed by atoms with Gasteiger partial charge in [0.05, 0.1) is 12.2 Å². The van der Waals surface area contributed by atoms with Crippen LogP contribution in [0.5, 0.6) is 0 Å². The zero-order chi connectivity index (χ0) is 12.3. The third-order valence-electron chi connectivity index (χ3n) is 2.01. The molecule has 0 saturated heterocycles. The predicted molar refractivity (Wildman–Crippen MR) is 48.2 cm³/mol. The van der Waals surface area contributed by atoms with Gasteiger partial charge in [0.25, 0.3) is 0 Å². The number of rotatable bonds is 3. The van der Waals surface area contributed by atoms with Gasteiger partial charge in [0.15, 0.2) is 0 Å². The zero-order valence-corrected chi connectivity index (χ0v) is 8.38. The van der Waals surface area contributed by atoms with E-state index in [1.807, 2.05) is 0 Å². The Labute approximate surface area is 89.5 Å². The van der Waals surface area contributed by atoms with Crippen LogP contribution in [-0.2, 0) is 10.9 Å². The summed E-state index contributed by atoms with van der Waals surface area (Å²) in [7, 11) is 1.26. The van der Waals surface area contributed by atoms with E-state index in [9.17, 15) is 22.7 Å². The van der Waals surface area contributed by atoms with Crippen molar-refractivity contribution in [1.29, 1.82) is 0 Å². The molecule has 0 amide bonds. The molecule has 1 unspecified atom stereocenters.